The molecule has 2 N–H and O–H groups in total. The van der Waals surface area contributed by atoms with Gasteiger partial charge in [-0.05, 0) is 94.8 Å². The largest absolute Gasteiger partial charge is 0.507 e. The molecule has 0 aliphatic heterocycles. The van der Waals surface area contributed by atoms with E-state index in [1.165, 1.54) is 30.4 Å². The van der Waals surface area contributed by atoms with Crippen molar-refractivity contribution >= 4 is 15.9 Å². The van der Waals surface area contributed by atoms with Crippen LogP contribution in [0.15, 0.2) is 16.6 Å². The maximum absolute atomic E-state index is 10.4. The van der Waals surface area contributed by atoms with Gasteiger partial charge in [0.25, 0.3) is 0 Å². The van der Waals surface area contributed by atoms with Gasteiger partial charge < -0.3 is 10.2 Å². The second kappa shape index (κ2) is 4.73. The van der Waals surface area contributed by atoms with Crippen molar-refractivity contribution in [1.29, 1.82) is 0 Å². The third-order valence-corrected chi connectivity index (χ3v) is 7.66. The summed E-state index contributed by atoms with van der Waals surface area (Å²) in [6.45, 7) is 2.31. The lowest BCUT2D eigenvalue weighted by molar-refractivity contribution is -0.0226. The Labute approximate surface area is 134 Å². The quantitative estimate of drug-likeness (QED) is 0.729. The third-order valence-electron chi connectivity index (χ3n) is 6.77. The predicted octanol–water partition coefficient (Wildman–Crippen LogP) is 4.37. The number of aromatic hydroxyl groups is 1. The summed E-state index contributed by atoms with van der Waals surface area (Å²) in [7, 11) is 0. The van der Waals surface area contributed by atoms with Gasteiger partial charge in [0.05, 0.1) is 10.6 Å². The number of benzene rings is 1. The molecule has 1 aromatic rings. The zero-order chi connectivity index (χ0) is 14.8. The van der Waals surface area contributed by atoms with Crippen molar-refractivity contribution in [1.82, 2.24) is 0 Å². The van der Waals surface area contributed by atoms with Crippen LogP contribution < -0.4 is 0 Å². The minimum absolute atomic E-state index is 0.101. The average Bonchev–Trinajstić information content (AvgIpc) is 2.78. The van der Waals surface area contributed by atoms with E-state index in [9.17, 15) is 10.2 Å². The summed E-state index contributed by atoms with van der Waals surface area (Å²) >= 11 is 3.57. The Balaban J connectivity index is 1.74. The molecular weight excluding hydrogens is 328 g/mol. The fraction of sp³-hybridized carbons (Fsp3) is 0.667. The number of aliphatic hydroxyl groups is 1. The van der Waals surface area contributed by atoms with Crippen LogP contribution in [0.3, 0.4) is 0 Å². The summed E-state index contributed by atoms with van der Waals surface area (Å²) in [5, 5.41) is 20.3. The van der Waals surface area contributed by atoms with E-state index < -0.39 is 0 Å². The molecular formula is C18H23BrO2. The number of phenols is 1. The summed E-state index contributed by atoms with van der Waals surface area (Å²) < 4.78 is 0.901. The Morgan fingerprint density at radius 1 is 1.19 bits per heavy atom. The normalized spacial score (nSPS) is 41.3. The van der Waals surface area contributed by atoms with Gasteiger partial charge in [-0.15, -0.1) is 0 Å². The lowest BCUT2D eigenvalue weighted by atomic mass is 9.55. The highest BCUT2D eigenvalue weighted by atomic mass is 79.9. The molecule has 0 spiro atoms. The molecule has 21 heavy (non-hydrogen) atoms. The van der Waals surface area contributed by atoms with Crippen molar-refractivity contribution in [3.63, 3.8) is 0 Å². The minimum atomic E-state index is -0.101. The van der Waals surface area contributed by atoms with Crippen molar-refractivity contribution in [2.75, 3.05) is 0 Å². The van der Waals surface area contributed by atoms with Crippen molar-refractivity contribution in [3.8, 4) is 5.75 Å². The first-order chi connectivity index (χ1) is 10.0. The Morgan fingerprint density at radius 2 is 2.00 bits per heavy atom. The van der Waals surface area contributed by atoms with E-state index in [1.807, 2.05) is 6.07 Å². The Kier molecular flexibility index (Phi) is 3.17. The predicted molar refractivity (Wildman–Crippen MR) is 86.4 cm³/mol. The number of aliphatic hydroxyl groups excluding tert-OH is 1. The van der Waals surface area contributed by atoms with Gasteiger partial charge in [-0.25, -0.2) is 0 Å². The molecule has 0 bridgehead atoms. The van der Waals surface area contributed by atoms with Crippen molar-refractivity contribution in [2.24, 2.45) is 17.3 Å². The monoisotopic (exact) mass is 350 g/mol. The van der Waals surface area contributed by atoms with Gasteiger partial charge in [0.15, 0.2) is 0 Å². The molecule has 5 atom stereocenters. The van der Waals surface area contributed by atoms with E-state index in [0.29, 0.717) is 23.5 Å². The molecule has 1 aromatic carbocycles. The second-order valence-corrected chi connectivity index (χ2v) is 8.31. The van der Waals surface area contributed by atoms with Crippen LogP contribution in [-0.4, -0.2) is 16.3 Å². The van der Waals surface area contributed by atoms with Crippen molar-refractivity contribution in [3.05, 3.63) is 27.7 Å². The third kappa shape index (κ3) is 1.86. The molecule has 114 valence electrons. The number of fused-ring (bicyclic) bond motifs is 5. The molecule has 2 nitrogen and oxygen atoms in total. The lowest BCUT2D eigenvalue weighted by Crippen LogP contribution is -2.43. The number of phenolic OH excluding ortho intramolecular Hbond substituents is 1. The summed E-state index contributed by atoms with van der Waals surface area (Å²) in [5.74, 6) is 2.37. The molecule has 0 amide bonds. The zero-order valence-corrected chi connectivity index (χ0v) is 14.1. The fourth-order valence-corrected chi connectivity index (χ4v) is 6.14. The first kappa shape index (κ1) is 14.1. The maximum Gasteiger partial charge on any atom is 0.130 e. The van der Waals surface area contributed by atoms with E-state index in [1.54, 1.807) is 0 Å². The van der Waals surface area contributed by atoms with E-state index in [0.717, 1.165) is 23.7 Å². The number of hydrogen-bond donors (Lipinski definition) is 2. The van der Waals surface area contributed by atoms with Gasteiger partial charge in [-0.2, -0.15) is 0 Å². The molecule has 0 saturated heterocycles. The molecule has 3 aliphatic carbocycles. The highest BCUT2D eigenvalue weighted by Crippen LogP contribution is 2.61. The molecule has 0 radical (unpaired) electrons. The molecule has 0 aromatic heterocycles. The second-order valence-electron chi connectivity index (χ2n) is 7.52. The van der Waals surface area contributed by atoms with E-state index in [2.05, 4.69) is 28.9 Å². The molecule has 0 heterocycles. The fourth-order valence-electron chi connectivity index (χ4n) is 5.58. The summed E-state index contributed by atoms with van der Waals surface area (Å²) in [6, 6.07) is 3.98. The molecule has 4 rings (SSSR count). The van der Waals surface area contributed by atoms with Crippen LogP contribution in [0.2, 0.25) is 0 Å². The summed E-state index contributed by atoms with van der Waals surface area (Å²) in [6.07, 6.45) is 6.64. The van der Waals surface area contributed by atoms with Crippen molar-refractivity contribution < 1.29 is 10.2 Å². The van der Waals surface area contributed by atoms with Gasteiger partial charge >= 0.3 is 0 Å². The van der Waals surface area contributed by atoms with E-state index >= 15 is 0 Å². The van der Waals surface area contributed by atoms with Gasteiger partial charge in [0.2, 0.25) is 0 Å². The Morgan fingerprint density at radius 3 is 2.81 bits per heavy atom. The average molecular weight is 351 g/mol. The number of hydrogen-bond acceptors (Lipinski definition) is 2. The lowest BCUT2D eigenvalue weighted by Gasteiger charge is -2.50. The highest BCUT2D eigenvalue weighted by Gasteiger charge is 2.54. The zero-order valence-electron chi connectivity index (χ0n) is 12.5. The van der Waals surface area contributed by atoms with Gasteiger partial charge in [0, 0.05) is 0 Å². The van der Waals surface area contributed by atoms with E-state index in [-0.39, 0.29) is 11.5 Å². The molecule has 2 saturated carbocycles. The summed E-state index contributed by atoms with van der Waals surface area (Å²) in [5.41, 5.74) is 2.91. The number of rotatable bonds is 0. The Bertz CT molecular complexity index is 585. The van der Waals surface area contributed by atoms with E-state index in [4.69, 9.17) is 0 Å². The maximum atomic E-state index is 10.4. The van der Waals surface area contributed by atoms with Crippen LogP contribution in [-0.2, 0) is 6.42 Å². The Hall–Kier alpha value is -0.540. The highest BCUT2D eigenvalue weighted by molar-refractivity contribution is 9.10. The molecule has 3 heteroatoms. The van der Waals surface area contributed by atoms with Crippen LogP contribution in [0, 0.1) is 17.3 Å². The standard InChI is InChI=1S/C18H23BrO2/c1-18-9-8-11-10-4-6-15(20)17(19)13(10)3-2-12(11)14(18)5-7-16(18)21/h4,6,11-12,14,16,20-21H,2-3,5,7-9H2,1H3/t11-,12-,14?,16+,18+/m1/s1. The minimum Gasteiger partial charge on any atom is -0.507 e. The summed E-state index contributed by atoms with van der Waals surface area (Å²) in [4.78, 5) is 0. The van der Waals surface area contributed by atoms with Gasteiger partial charge in [-0.1, -0.05) is 13.0 Å². The van der Waals surface area contributed by atoms with Gasteiger partial charge in [0.1, 0.15) is 5.75 Å². The first-order valence-electron chi connectivity index (χ1n) is 8.20. The molecule has 2 fully saturated rings. The van der Waals surface area contributed by atoms with Crippen LogP contribution in [0.25, 0.3) is 0 Å². The molecule has 3 aliphatic rings. The number of halogens is 1. The SMILES string of the molecule is C[C@]12CC[C@@H]3c4ccc(O)c(Br)c4CC[C@H]3C1CC[C@@H]2O. The topological polar surface area (TPSA) is 40.5 Å². The van der Waals surface area contributed by atoms with Crippen LogP contribution in [0.4, 0.5) is 0 Å². The van der Waals surface area contributed by atoms with Crippen LogP contribution >= 0.6 is 15.9 Å². The smallest absolute Gasteiger partial charge is 0.130 e. The van der Waals surface area contributed by atoms with Crippen LogP contribution in [0.1, 0.15) is 56.1 Å². The molecule has 1 unspecified atom stereocenters. The van der Waals surface area contributed by atoms with Crippen molar-refractivity contribution in [2.45, 2.75) is 57.5 Å². The van der Waals surface area contributed by atoms with Crippen LogP contribution in [0.5, 0.6) is 5.75 Å². The first-order valence-corrected chi connectivity index (χ1v) is 9.00. The van der Waals surface area contributed by atoms with Gasteiger partial charge in [-0.3, -0.25) is 0 Å².